The van der Waals surface area contributed by atoms with Gasteiger partial charge in [0.2, 0.25) is 11.8 Å². The number of hydrogen-bond donors (Lipinski definition) is 1. The zero-order valence-corrected chi connectivity index (χ0v) is 17.6. The second kappa shape index (κ2) is 9.29. The van der Waals surface area contributed by atoms with Crippen molar-refractivity contribution >= 4 is 17.5 Å². The highest BCUT2D eigenvalue weighted by Crippen LogP contribution is 2.42. The van der Waals surface area contributed by atoms with Gasteiger partial charge in [-0.25, -0.2) is 0 Å². The number of benzene rings is 1. The zero-order valence-electron chi connectivity index (χ0n) is 17.6. The zero-order chi connectivity index (χ0) is 20.2. The minimum Gasteiger partial charge on any atom is -0.370 e. The van der Waals surface area contributed by atoms with Gasteiger partial charge >= 0.3 is 0 Å². The number of carbonyl (C=O) groups is 2. The number of nitrogens with one attached hydrogen (secondary N) is 1. The summed E-state index contributed by atoms with van der Waals surface area (Å²) in [7, 11) is 0. The quantitative estimate of drug-likeness (QED) is 0.757. The van der Waals surface area contributed by atoms with E-state index in [-0.39, 0.29) is 24.0 Å². The van der Waals surface area contributed by atoms with Crippen LogP contribution >= 0.6 is 0 Å². The fourth-order valence-corrected chi connectivity index (χ4v) is 5.18. The number of piperidine rings is 1. The predicted molar refractivity (Wildman–Crippen MR) is 113 cm³/mol. The summed E-state index contributed by atoms with van der Waals surface area (Å²) in [5.41, 5.74) is 1.97. The molecule has 5 nitrogen and oxygen atoms in total. The molecule has 3 aliphatic rings. The van der Waals surface area contributed by atoms with Crippen molar-refractivity contribution in [1.29, 1.82) is 0 Å². The van der Waals surface area contributed by atoms with Crippen LogP contribution in [-0.4, -0.2) is 35.9 Å². The van der Waals surface area contributed by atoms with E-state index in [0.29, 0.717) is 18.2 Å². The van der Waals surface area contributed by atoms with E-state index in [2.05, 4.69) is 23.2 Å². The molecule has 2 heterocycles. The number of anilines is 1. The van der Waals surface area contributed by atoms with E-state index in [4.69, 9.17) is 4.74 Å². The molecule has 3 atom stereocenters. The van der Waals surface area contributed by atoms with Gasteiger partial charge in [-0.3, -0.25) is 9.59 Å². The van der Waals surface area contributed by atoms with Crippen LogP contribution in [0.1, 0.15) is 76.4 Å². The smallest absolute Gasteiger partial charge is 0.225 e. The highest BCUT2D eigenvalue weighted by atomic mass is 16.5. The molecule has 1 aromatic rings. The van der Waals surface area contributed by atoms with Crippen LogP contribution < -0.4 is 5.32 Å². The third kappa shape index (κ3) is 4.82. The first-order chi connectivity index (χ1) is 14.1. The Labute approximate surface area is 174 Å². The number of fused-ring (bicyclic) bond motifs is 1. The second-order valence-corrected chi connectivity index (χ2v) is 8.99. The summed E-state index contributed by atoms with van der Waals surface area (Å²) in [4.78, 5) is 27.0. The average Bonchev–Trinajstić information content (AvgIpc) is 3.41. The minimum absolute atomic E-state index is 0.0547. The van der Waals surface area contributed by atoms with E-state index in [9.17, 15) is 9.59 Å². The van der Waals surface area contributed by atoms with E-state index in [1.807, 2.05) is 18.2 Å². The lowest BCUT2D eigenvalue weighted by Crippen LogP contribution is -2.46. The standard InChI is InChI=1S/C24H34N2O3/c1-2-3-11-23(27)25-20-10-6-9-18(14-20)22-15-19-16-26(13-12-21(19)29-22)24(28)17-7-4-5-8-17/h6,9-10,14,17,19,21-22H,2-5,7-8,11-13,15-16H2,1H3,(H,25,27)/t19-,21+,22+/m1/s1. The molecule has 29 heavy (non-hydrogen) atoms. The van der Waals surface area contributed by atoms with Gasteiger partial charge in [-0.05, 0) is 49.8 Å². The van der Waals surface area contributed by atoms with E-state index < -0.39 is 0 Å². The Morgan fingerprint density at radius 1 is 1.21 bits per heavy atom. The largest absolute Gasteiger partial charge is 0.370 e. The van der Waals surface area contributed by atoms with Gasteiger partial charge in [0.1, 0.15) is 0 Å². The Bertz CT molecular complexity index is 729. The Morgan fingerprint density at radius 2 is 2.03 bits per heavy atom. The molecule has 1 aliphatic carbocycles. The Balaban J connectivity index is 1.35. The van der Waals surface area contributed by atoms with Gasteiger partial charge in [-0.1, -0.05) is 38.3 Å². The molecule has 5 heteroatoms. The first-order valence-electron chi connectivity index (χ1n) is 11.5. The first-order valence-corrected chi connectivity index (χ1v) is 11.5. The van der Waals surface area contributed by atoms with Crippen molar-refractivity contribution in [3.05, 3.63) is 29.8 Å². The van der Waals surface area contributed by atoms with E-state index in [1.54, 1.807) is 0 Å². The van der Waals surface area contributed by atoms with Crippen LogP contribution in [0.3, 0.4) is 0 Å². The van der Waals surface area contributed by atoms with Gasteiger partial charge in [0.05, 0.1) is 12.2 Å². The number of amides is 2. The van der Waals surface area contributed by atoms with Crippen molar-refractivity contribution in [3.63, 3.8) is 0 Å². The monoisotopic (exact) mass is 398 g/mol. The lowest BCUT2D eigenvalue weighted by Gasteiger charge is -2.35. The van der Waals surface area contributed by atoms with E-state index >= 15 is 0 Å². The number of hydrogen-bond acceptors (Lipinski definition) is 3. The van der Waals surface area contributed by atoms with Crippen molar-refractivity contribution < 1.29 is 14.3 Å². The van der Waals surface area contributed by atoms with Gasteiger partial charge in [-0.2, -0.15) is 0 Å². The Morgan fingerprint density at radius 3 is 2.83 bits per heavy atom. The third-order valence-corrected chi connectivity index (χ3v) is 6.84. The summed E-state index contributed by atoms with van der Waals surface area (Å²) in [5.74, 6) is 1.13. The van der Waals surface area contributed by atoms with Gasteiger partial charge < -0.3 is 15.0 Å². The molecule has 2 aliphatic heterocycles. The molecule has 3 fully saturated rings. The molecule has 2 saturated heterocycles. The third-order valence-electron chi connectivity index (χ3n) is 6.84. The van der Waals surface area contributed by atoms with E-state index in [0.717, 1.165) is 62.9 Å². The van der Waals surface area contributed by atoms with Crippen LogP contribution in [0.2, 0.25) is 0 Å². The van der Waals surface area contributed by atoms with Gasteiger partial charge in [-0.15, -0.1) is 0 Å². The molecule has 0 radical (unpaired) electrons. The van der Waals surface area contributed by atoms with Crippen LogP contribution in [0.4, 0.5) is 5.69 Å². The topological polar surface area (TPSA) is 58.6 Å². The average molecular weight is 399 g/mol. The predicted octanol–water partition coefficient (Wildman–Crippen LogP) is 4.68. The number of carbonyl (C=O) groups excluding carboxylic acids is 2. The Kier molecular flexibility index (Phi) is 6.53. The van der Waals surface area contributed by atoms with E-state index in [1.165, 1.54) is 12.8 Å². The molecule has 1 N–H and O–H groups in total. The molecule has 0 spiro atoms. The summed E-state index contributed by atoms with van der Waals surface area (Å²) in [6.45, 7) is 3.76. The number of likely N-dealkylation sites (tertiary alicyclic amines) is 1. The molecule has 1 aromatic carbocycles. The second-order valence-electron chi connectivity index (χ2n) is 8.99. The molecule has 1 saturated carbocycles. The fourth-order valence-electron chi connectivity index (χ4n) is 5.18. The van der Waals surface area contributed by atoms with Gasteiger partial charge in [0.15, 0.2) is 0 Å². The molecule has 0 unspecified atom stereocenters. The van der Waals surface area contributed by atoms with Crippen LogP contribution in [0.5, 0.6) is 0 Å². The Hall–Kier alpha value is -1.88. The van der Waals surface area contributed by atoms with Crippen molar-refractivity contribution in [2.45, 2.75) is 76.9 Å². The van der Waals surface area contributed by atoms with Crippen LogP contribution in [0, 0.1) is 11.8 Å². The maximum absolute atomic E-state index is 12.8. The summed E-state index contributed by atoms with van der Waals surface area (Å²) in [6, 6.07) is 8.07. The summed E-state index contributed by atoms with van der Waals surface area (Å²) in [6.07, 6.45) is 9.23. The van der Waals surface area contributed by atoms with Crippen LogP contribution in [0.15, 0.2) is 24.3 Å². The first kappa shape index (κ1) is 20.4. The van der Waals surface area contributed by atoms with Crippen molar-refractivity contribution in [2.75, 3.05) is 18.4 Å². The number of nitrogens with zero attached hydrogens (tertiary/aromatic N) is 1. The fraction of sp³-hybridized carbons (Fsp3) is 0.667. The molecular weight excluding hydrogens is 364 g/mol. The maximum Gasteiger partial charge on any atom is 0.225 e. The van der Waals surface area contributed by atoms with Crippen LogP contribution in [-0.2, 0) is 14.3 Å². The summed E-state index contributed by atoms with van der Waals surface area (Å²) >= 11 is 0. The highest BCUT2D eigenvalue weighted by molar-refractivity contribution is 5.90. The van der Waals surface area contributed by atoms with Crippen molar-refractivity contribution in [2.24, 2.45) is 11.8 Å². The number of ether oxygens (including phenoxy) is 1. The SMILES string of the molecule is CCCCC(=O)Nc1cccc([C@@H]2C[C@@H]3CN(C(=O)C4CCCC4)CC[C@@H]3O2)c1. The molecule has 0 aromatic heterocycles. The van der Waals surface area contributed by atoms with Crippen molar-refractivity contribution in [1.82, 2.24) is 4.90 Å². The van der Waals surface area contributed by atoms with Crippen molar-refractivity contribution in [3.8, 4) is 0 Å². The molecule has 0 bridgehead atoms. The molecule has 4 rings (SSSR count). The molecule has 2 amide bonds. The maximum atomic E-state index is 12.8. The number of rotatable bonds is 6. The van der Waals surface area contributed by atoms with Gasteiger partial charge in [0.25, 0.3) is 0 Å². The molecular formula is C24H34N2O3. The lowest BCUT2D eigenvalue weighted by atomic mass is 9.90. The normalized spacial score (nSPS) is 27.1. The highest BCUT2D eigenvalue weighted by Gasteiger charge is 2.41. The summed E-state index contributed by atoms with van der Waals surface area (Å²) < 4.78 is 6.38. The molecule has 158 valence electrons. The lowest BCUT2D eigenvalue weighted by molar-refractivity contribution is -0.138. The van der Waals surface area contributed by atoms with Gasteiger partial charge in [0, 0.05) is 37.0 Å². The minimum atomic E-state index is 0.0547. The summed E-state index contributed by atoms with van der Waals surface area (Å²) in [5, 5.41) is 3.01. The number of unbranched alkanes of at least 4 members (excludes halogenated alkanes) is 1. The van der Waals surface area contributed by atoms with Crippen LogP contribution in [0.25, 0.3) is 0 Å².